The molecule has 1 N–H and O–H groups in total. The Morgan fingerprint density at radius 2 is 1.92 bits per heavy atom. The molecule has 7 heteroatoms. The van der Waals surface area contributed by atoms with Crippen molar-refractivity contribution in [1.82, 2.24) is 4.98 Å². The smallest absolute Gasteiger partial charge is 0.340 e. The van der Waals surface area contributed by atoms with Gasteiger partial charge in [-0.3, -0.25) is 0 Å². The number of nitrogens with zero attached hydrogens (tertiary/aromatic N) is 1. The van der Waals surface area contributed by atoms with Crippen LogP contribution in [-0.4, -0.2) is 27.7 Å². The van der Waals surface area contributed by atoms with Crippen molar-refractivity contribution in [3.8, 4) is 0 Å². The average Bonchev–Trinajstić information content (AvgIpc) is 3.01. The van der Waals surface area contributed by atoms with Crippen LogP contribution in [-0.2, 0) is 21.1 Å². The van der Waals surface area contributed by atoms with E-state index in [1.807, 2.05) is 30.3 Å². The summed E-state index contributed by atoms with van der Waals surface area (Å²) < 4.78 is 35.6. The van der Waals surface area contributed by atoms with Crippen LogP contribution in [0.25, 0.3) is 10.9 Å². The van der Waals surface area contributed by atoms with E-state index in [2.05, 4.69) is 9.35 Å². The summed E-state index contributed by atoms with van der Waals surface area (Å²) in [5, 5.41) is 0.0861. The summed E-state index contributed by atoms with van der Waals surface area (Å²) in [5.74, 6) is -1.21. The van der Waals surface area contributed by atoms with Gasteiger partial charge in [0, 0.05) is 28.4 Å². The van der Waals surface area contributed by atoms with Gasteiger partial charge in [0.05, 0.1) is 22.2 Å². The van der Waals surface area contributed by atoms with Crippen LogP contribution in [0.5, 0.6) is 0 Å². The maximum absolute atomic E-state index is 14.3. The minimum absolute atomic E-state index is 0.0826. The number of aromatic amines is 1. The van der Waals surface area contributed by atoms with Gasteiger partial charge in [0.25, 0.3) is 0 Å². The van der Waals surface area contributed by atoms with Crippen LogP contribution in [0, 0.1) is 5.82 Å². The van der Waals surface area contributed by atoms with Gasteiger partial charge in [-0.2, -0.15) is 4.36 Å². The molecule has 0 saturated heterocycles. The van der Waals surface area contributed by atoms with Crippen LogP contribution >= 0.6 is 0 Å². The van der Waals surface area contributed by atoms with Gasteiger partial charge in [-0.15, -0.1) is 0 Å². The molecule has 0 amide bonds. The number of esters is 1. The van der Waals surface area contributed by atoms with E-state index in [4.69, 9.17) is 4.74 Å². The average molecular weight is 360 g/mol. The molecule has 130 valence electrons. The summed E-state index contributed by atoms with van der Waals surface area (Å²) in [5.41, 5.74) is 1.58. The molecule has 0 fully saturated rings. The summed E-state index contributed by atoms with van der Waals surface area (Å²) in [6.45, 7) is 0.0930. The van der Waals surface area contributed by atoms with Gasteiger partial charge in [0.2, 0.25) is 0 Å². The lowest BCUT2D eigenvalue weighted by molar-refractivity contribution is 0.0475. The zero-order valence-electron chi connectivity index (χ0n) is 13.8. The molecule has 0 radical (unpaired) electrons. The number of carbonyl (C=O) groups excluding carboxylic acids is 1. The van der Waals surface area contributed by atoms with Crippen LogP contribution in [0.1, 0.15) is 15.9 Å². The molecule has 0 aliphatic carbocycles. The standard InChI is InChI=1S/C18H17FN2O3S/c1-25(2,23)21-15-9-8-14(19)16-13(10-20-17(15)16)18(22)24-11-12-6-4-3-5-7-12/h3-10,20H,11H2,1-2H3. The summed E-state index contributed by atoms with van der Waals surface area (Å²) in [4.78, 5) is 15.2. The number of benzene rings is 2. The lowest BCUT2D eigenvalue weighted by Gasteiger charge is -2.05. The molecule has 0 bridgehead atoms. The molecule has 0 aliphatic heterocycles. The Labute approximate surface area is 145 Å². The highest BCUT2D eigenvalue weighted by molar-refractivity contribution is 7.92. The van der Waals surface area contributed by atoms with Crippen molar-refractivity contribution in [2.75, 3.05) is 12.5 Å². The lowest BCUT2D eigenvalue weighted by atomic mass is 10.1. The number of hydrogen-bond donors (Lipinski definition) is 1. The maximum atomic E-state index is 14.3. The molecule has 2 aromatic carbocycles. The molecule has 25 heavy (non-hydrogen) atoms. The number of ether oxygens (including phenoxy) is 1. The van der Waals surface area contributed by atoms with Gasteiger partial charge in [-0.05, 0) is 17.7 Å². The molecule has 0 saturated carbocycles. The van der Waals surface area contributed by atoms with Crippen molar-refractivity contribution in [1.29, 1.82) is 0 Å². The predicted octanol–water partition coefficient (Wildman–Crippen LogP) is 4.02. The van der Waals surface area contributed by atoms with E-state index in [0.29, 0.717) is 11.2 Å². The Bertz CT molecular complexity index is 1040. The van der Waals surface area contributed by atoms with Crippen LogP contribution < -0.4 is 0 Å². The quantitative estimate of drug-likeness (QED) is 0.714. The van der Waals surface area contributed by atoms with Crippen LogP contribution in [0.4, 0.5) is 10.1 Å². The highest BCUT2D eigenvalue weighted by atomic mass is 32.2. The molecule has 0 unspecified atom stereocenters. The van der Waals surface area contributed by atoms with E-state index in [1.54, 1.807) is 0 Å². The largest absolute Gasteiger partial charge is 0.457 e. The molecule has 1 heterocycles. The Balaban J connectivity index is 1.96. The van der Waals surface area contributed by atoms with E-state index in [0.717, 1.165) is 5.56 Å². The summed E-state index contributed by atoms with van der Waals surface area (Å²) in [7, 11) is -2.42. The molecule has 3 aromatic rings. The van der Waals surface area contributed by atoms with E-state index >= 15 is 0 Å². The van der Waals surface area contributed by atoms with Crippen molar-refractivity contribution < 1.29 is 18.1 Å². The zero-order chi connectivity index (χ0) is 18.0. The number of H-pyrrole nitrogens is 1. The fraction of sp³-hybridized carbons (Fsp3) is 0.167. The number of halogens is 1. The molecule has 5 nitrogen and oxygen atoms in total. The third kappa shape index (κ3) is 3.88. The van der Waals surface area contributed by atoms with E-state index in [9.17, 15) is 13.4 Å². The van der Waals surface area contributed by atoms with Gasteiger partial charge in [0.15, 0.2) is 0 Å². The van der Waals surface area contributed by atoms with Crippen molar-refractivity contribution in [3.63, 3.8) is 0 Å². The van der Waals surface area contributed by atoms with Crippen LogP contribution in [0.3, 0.4) is 0 Å². The number of hydrogen-bond acceptors (Lipinski definition) is 4. The molecule has 1 aromatic heterocycles. The summed E-state index contributed by atoms with van der Waals surface area (Å²) in [6.07, 6.45) is 4.35. The minimum atomic E-state index is -2.42. The monoisotopic (exact) mass is 360 g/mol. The van der Waals surface area contributed by atoms with E-state index in [-0.39, 0.29) is 17.6 Å². The summed E-state index contributed by atoms with van der Waals surface area (Å²) >= 11 is 0. The van der Waals surface area contributed by atoms with Crippen molar-refractivity contribution in [2.45, 2.75) is 6.61 Å². The molecular formula is C18H17FN2O3S. The first-order valence-corrected chi connectivity index (χ1v) is 9.86. The Morgan fingerprint density at radius 1 is 1.20 bits per heavy atom. The lowest BCUT2D eigenvalue weighted by Crippen LogP contribution is -2.05. The second-order valence-corrected chi connectivity index (χ2v) is 8.40. The normalized spacial score (nSPS) is 11.5. The van der Waals surface area contributed by atoms with Crippen molar-refractivity contribution >= 4 is 32.3 Å². The molecule has 0 spiro atoms. The number of nitrogens with one attached hydrogen (secondary N) is 1. The Kier molecular flexibility index (Phi) is 4.59. The highest BCUT2D eigenvalue weighted by Gasteiger charge is 2.19. The number of rotatable bonds is 4. The third-order valence-electron chi connectivity index (χ3n) is 3.51. The highest BCUT2D eigenvalue weighted by Crippen LogP contribution is 2.31. The van der Waals surface area contributed by atoms with Gasteiger partial charge >= 0.3 is 5.97 Å². The minimum Gasteiger partial charge on any atom is -0.457 e. The molecular weight excluding hydrogens is 343 g/mol. The van der Waals surface area contributed by atoms with E-state index in [1.165, 1.54) is 30.8 Å². The van der Waals surface area contributed by atoms with Gasteiger partial charge in [-0.25, -0.2) is 13.4 Å². The van der Waals surface area contributed by atoms with Crippen LogP contribution in [0.15, 0.2) is 53.0 Å². The second-order valence-electron chi connectivity index (χ2n) is 5.85. The SMILES string of the molecule is CS(C)(=O)=Nc1ccc(F)c2c(C(=O)OCc3ccccc3)c[nH]c12. The number of fused-ring (bicyclic) bond motifs is 1. The van der Waals surface area contributed by atoms with E-state index < -0.39 is 21.5 Å². The Morgan fingerprint density at radius 3 is 2.60 bits per heavy atom. The summed E-state index contributed by atoms with van der Waals surface area (Å²) in [6, 6.07) is 11.8. The van der Waals surface area contributed by atoms with Gasteiger partial charge in [0.1, 0.15) is 12.4 Å². The van der Waals surface area contributed by atoms with Gasteiger partial charge in [-0.1, -0.05) is 30.3 Å². The molecule has 0 aliphatic rings. The third-order valence-corrected chi connectivity index (χ3v) is 4.15. The fourth-order valence-electron chi connectivity index (χ4n) is 2.47. The maximum Gasteiger partial charge on any atom is 0.340 e. The van der Waals surface area contributed by atoms with Gasteiger partial charge < -0.3 is 9.72 Å². The topological polar surface area (TPSA) is 71.5 Å². The number of aromatic nitrogens is 1. The second kappa shape index (κ2) is 6.68. The number of carbonyl (C=O) groups is 1. The zero-order valence-corrected chi connectivity index (χ0v) is 14.6. The van der Waals surface area contributed by atoms with Crippen molar-refractivity contribution in [2.24, 2.45) is 4.36 Å². The first kappa shape index (κ1) is 17.2. The molecule has 3 rings (SSSR count). The molecule has 0 atom stereocenters. The van der Waals surface area contributed by atoms with Crippen LogP contribution in [0.2, 0.25) is 0 Å². The first-order chi connectivity index (χ1) is 11.8. The predicted molar refractivity (Wildman–Crippen MR) is 95.9 cm³/mol. The Hall–Kier alpha value is -2.67. The fourth-order valence-corrected chi connectivity index (χ4v) is 3.09. The first-order valence-electron chi connectivity index (χ1n) is 7.53. The van der Waals surface area contributed by atoms with Crippen molar-refractivity contribution in [3.05, 3.63) is 65.6 Å².